The van der Waals surface area contributed by atoms with Crippen LogP contribution in [0.2, 0.25) is 0 Å². The molecule has 2 aromatic rings. The Morgan fingerprint density at radius 2 is 1.95 bits per heavy atom. The van der Waals surface area contributed by atoms with E-state index in [0.29, 0.717) is 17.9 Å². The first-order chi connectivity index (χ1) is 10.0. The van der Waals surface area contributed by atoms with Crippen LogP contribution in [-0.4, -0.2) is 12.9 Å². The summed E-state index contributed by atoms with van der Waals surface area (Å²) in [5.74, 6) is 1.52. The SMILES string of the molecule is COc1ccc(Br)cc1COc1cc(C(=N)N)ccc1C. The van der Waals surface area contributed by atoms with E-state index in [-0.39, 0.29) is 5.84 Å². The van der Waals surface area contributed by atoms with Crippen molar-refractivity contribution in [2.75, 3.05) is 7.11 Å². The van der Waals surface area contributed by atoms with E-state index in [0.717, 1.165) is 21.3 Å². The number of methoxy groups -OCH3 is 1. The molecule has 0 atom stereocenters. The Kier molecular flexibility index (Phi) is 4.85. The summed E-state index contributed by atoms with van der Waals surface area (Å²) in [6.45, 7) is 2.34. The average molecular weight is 349 g/mol. The summed E-state index contributed by atoms with van der Waals surface area (Å²) in [6.07, 6.45) is 0. The van der Waals surface area contributed by atoms with Gasteiger partial charge in [-0.15, -0.1) is 0 Å². The first kappa shape index (κ1) is 15.4. The number of hydrogen-bond donors (Lipinski definition) is 2. The van der Waals surface area contributed by atoms with Crippen molar-refractivity contribution in [3.8, 4) is 11.5 Å². The molecule has 0 aliphatic heterocycles. The van der Waals surface area contributed by atoms with Crippen LogP contribution in [0, 0.1) is 12.3 Å². The molecule has 0 saturated heterocycles. The number of rotatable bonds is 5. The first-order valence-electron chi connectivity index (χ1n) is 6.41. The van der Waals surface area contributed by atoms with Gasteiger partial charge < -0.3 is 15.2 Å². The lowest BCUT2D eigenvalue weighted by atomic mass is 10.1. The van der Waals surface area contributed by atoms with E-state index in [9.17, 15) is 0 Å². The number of nitrogen functional groups attached to an aromatic ring is 1. The highest BCUT2D eigenvalue weighted by molar-refractivity contribution is 9.10. The second-order valence-corrected chi connectivity index (χ2v) is 5.55. The van der Waals surface area contributed by atoms with Crippen LogP contribution in [0.15, 0.2) is 40.9 Å². The van der Waals surface area contributed by atoms with Gasteiger partial charge in [0.1, 0.15) is 23.9 Å². The molecule has 4 nitrogen and oxygen atoms in total. The van der Waals surface area contributed by atoms with Crippen molar-refractivity contribution in [1.82, 2.24) is 0 Å². The summed E-state index contributed by atoms with van der Waals surface area (Å²) < 4.78 is 12.2. The van der Waals surface area contributed by atoms with Crippen molar-refractivity contribution in [3.63, 3.8) is 0 Å². The number of nitrogens with two attached hydrogens (primary N) is 1. The van der Waals surface area contributed by atoms with Crippen molar-refractivity contribution < 1.29 is 9.47 Å². The molecule has 0 spiro atoms. The van der Waals surface area contributed by atoms with Crippen LogP contribution in [-0.2, 0) is 6.61 Å². The van der Waals surface area contributed by atoms with Gasteiger partial charge in [0.15, 0.2) is 0 Å². The fourth-order valence-electron chi connectivity index (χ4n) is 1.94. The monoisotopic (exact) mass is 348 g/mol. The summed E-state index contributed by atoms with van der Waals surface area (Å²) in [6, 6.07) is 11.3. The highest BCUT2D eigenvalue weighted by Gasteiger charge is 2.08. The van der Waals surface area contributed by atoms with Gasteiger partial charge in [-0.2, -0.15) is 0 Å². The normalized spacial score (nSPS) is 10.2. The van der Waals surface area contributed by atoms with Crippen LogP contribution in [0.25, 0.3) is 0 Å². The van der Waals surface area contributed by atoms with Crippen molar-refractivity contribution in [2.24, 2.45) is 5.73 Å². The molecule has 0 saturated carbocycles. The summed E-state index contributed by atoms with van der Waals surface area (Å²) in [7, 11) is 1.63. The van der Waals surface area contributed by atoms with Crippen molar-refractivity contribution in [1.29, 1.82) is 5.41 Å². The quantitative estimate of drug-likeness (QED) is 0.640. The Labute approximate surface area is 132 Å². The maximum Gasteiger partial charge on any atom is 0.125 e. The number of amidine groups is 1. The van der Waals surface area contributed by atoms with E-state index >= 15 is 0 Å². The Morgan fingerprint density at radius 1 is 1.19 bits per heavy atom. The minimum absolute atomic E-state index is 0.0277. The molecule has 0 heterocycles. The smallest absolute Gasteiger partial charge is 0.125 e. The van der Waals surface area contributed by atoms with Crippen LogP contribution in [0.1, 0.15) is 16.7 Å². The van der Waals surface area contributed by atoms with E-state index in [1.165, 1.54) is 0 Å². The van der Waals surface area contributed by atoms with Crippen molar-refractivity contribution in [3.05, 3.63) is 57.6 Å². The summed E-state index contributed by atoms with van der Waals surface area (Å²) in [4.78, 5) is 0. The Balaban J connectivity index is 2.22. The molecular weight excluding hydrogens is 332 g/mol. The molecule has 3 N–H and O–H groups in total. The molecule has 0 aromatic heterocycles. The third kappa shape index (κ3) is 3.76. The van der Waals surface area contributed by atoms with Crippen LogP contribution in [0.5, 0.6) is 11.5 Å². The summed E-state index contributed by atoms with van der Waals surface area (Å²) in [5, 5.41) is 7.49. The van der Waals surface area contributed by atoms with Crippen LogP contribution >= 0.6 is 15.9 Å². The van der Waals surface area contributed by atoms with Gasteiger partial charge in [-0.25, -0.2) is 0 Å². The third-order valence-corrected chi connectivity index (χ3v) is 3.62. The van der Waals surface area contributed by atoms with Gasteiger partial charge in [0.05, 0.1) is 7.11 Å². The standard InChI is InChI=1S/C16H17BrN2O2/c1-10-3-4-11(16(18)19)8-15(10)21-9-12-7-13(17)5-6-14(12)20-2/h3-8H,9H2,1-2H3,(H3,18,19). The maximum atomic E-state index is 7.49. The van der Waals surface area contributed by atoms with Gasteiger partial charge in [0.25, 0.3) is 0 Å². The molecule has 21 heavy (non-hydrogen) atoms. The van der Waals surface area contributed by atoms with E-state index in [1.54, 1.807) is 13.2 Å². The van der Waals surface area contributed by atoms with Gasteiger partial charge in [-0.3, -0.25) is 5.41 Å². The third-order valence-electron chi connectivity index (χ3n) is 3.12. The van der Waals surface area contributed by atoms with E-state index in [4.69, 9.17) is 20.6 Å². The molecule has 0 radical (unpaired) electrons. The number of ether oxygens (including phenoxy) is 2. The minimum Gasteiger partial charge on any atom is -0.496 e. The number of benzene rings is 2. The molecule has 5 heteroatoms. The van der Waals surface area contributed by atoms with Crippen molar-refractivity contribution >= 4 is 21.8 Å². The second kappa shape index (κ2) is 6.63. The molecule has 0 aliphatic rings. The van der Waals surface area contributed by atoms with Gasteiger partial charge >= 0.3 is 0 Å². The highest BCUT2D eigenvalue weighted by Crippen LogP contribution is 2.26. The van der Waals surface area contributed by atoms with E-state index in [2.05, 4.69) is 15.9 Å². The lowest BCUT2D eigenvalue weighted by Crippen LogP contribution is -2.11. The molecule has 0 unspecified atom stereocenters. The van der Waals surface area contributed by atoms with E-state index < -0.39 is 0 Å². The molecule has 0 aliphatic carbocycles. The summed E-state index contributed by atoms with van der Waals surface area (Å²) >= 11 is 3.44. The number of aryl methyl sites for hydroxylation is 1. The molecule has 0 amide bonds. The fraction of sp³-hybridized carbons (Fsp3) is 0.188. The topological polar surface area (TPSA) is 68.3 Å². The molecule has 0 bridgehead atoms. The molecule has 2 rings (SSSR count). The molecule has 2 aromatic carbocycles. The summed E-state index contributed by atoms with van der Waals surface area (Å²) in [5.41, 5.74) is 8.10. The Morgan fingerprint density at radius 3 is 2.62 bits per heavy atom. The minimum atomic E-state index is 0.0277. The lowest BCUT2D eigenvalue weighted by Gasteiger charge is -2.13. The molecular formula is C16H17BrN2O2. The predicted octanol–water partition coefficient (Wildman–Crippen LogP) is 3.63. The number of nitrogens with one attached hydrogen (secondary N) is 1. The zero-order valence-electron chi connectivity index (χ0n) is 11.9. The molecule has 110 valence electrons. The highest BCUT2D eigenvalue weighted by atomic mass is 79.9. The van der Waals surface area contributed by atoms with Crippen LogP contribution in [0.4, 0.5) is 0 Å². The van der Waals surface area contributed by atoms with Gasteiger partial charge in [-0.05, 0) is 36.8 Å². The Bertz CT molecular complexity index is 671. The van der Waals surface area contributed by atoms with Crippen LogP contribution in [0.3, 0.4) is 0 Å². The Hall–Kier alpha value is -2.01. The molecule has 0 fully saturated rings. The van der Waals surface area contributed by atoms with Gasteiger partial charge in [-0.1, -0.05) is 28.1 Å². The number of halogens is 1. The lowest BCUT2D eigenvalue weighted by molar-refractivity contribution is 0.294. The first-order valence-corrected chi connectivity index (χ1v) is 7.21. The fourth-order valence-corrected chi connectivity index (χ4v) is 2.35. The zero-order chi connectivity index (χ0) is 15.4. The number of hydrogen-bond acceptors (Lipinski definition) is 3. The zero-order valence-corrected chi connectivity index (χ0v) is 13.5. The second-order valence-electron chi connectivity index (χ2n) is 4.64. The average Bonchev–Trinajstić information content (AvgIpc) is 2.46. The van der Waals surface area contributed by atoms with Gasteiger partial charge in [0.2, 0.25) is 0 Å². The van der Waals surface area contributed by atoms with Gasteiger partial charge in [0, 0.05) is 15.6 Å². The van der Waals surface area contributed by atoms with Crippen LogP contribution < -0.4 is 15.2 Å². The largest absolute Gasteiger partial charge is 0.496 e. The maximum absolute atomic E-state index is 7.49. The van der Waals surface area contributed by atoms with Crippen molar-refractivity contribution in [2.45, 2.75) is 13.5 Å². The predicted molar refractivity (Wildman–Crippen MR) is 87.2 cm³/mol. The van der Waals surface area contributed by atoms with E-state index in [1.807, 2.05) is 37.3 Å².